The number of benzene rings is 1. The number of allylic oxidation sites excluding steroid dienone is 1. The fourth-order valence-corrected chi connectivity index (χ4v) is 2.97. The van der Waals surface area contributed by atoms with Gasteiger partial charge in [0, 0.05) is 5.92 Å². The summed E-state index contributed by atoms with van der Waals surface area (Å²) < 4.78 is 9.63. The van der Waals surface area contributed by atoms with E-state index in [0.717, 1.165) is 5.56 Å². The molecular weight excluding hydrogens is 284 g/mol. The second-order valence-electron chi connectivity index (χ2n) is 5.23. The summed E-state index contributed by atoms with van der Waals surface area (Å²) in [5.74, 6) is -3.81. The summed E-state index contributed by atoms with van der Waals surface area (Å²) in [5.41, 5.74) is 1.32. The molecule has 0 saturated heterocycles. The molecule has 0 bridgehead atoms. The molecule has 1 aliphatic rings. The van der Waals surface area contributed by atoms with Crippen LogP contribution in [0.3, 0.4) is 0 Å². The molecule has 0 spiro atoms. The lowest BCUT2D eigenvalue weighted by molar-refractivity contribution is -0.152. The number of methoxy groups -OCH3 is 2. The minimum absolute atomic E-state index is 0.349. The van der Waals surface area contributed by atoms with E-state index in [9.17, 15) is 14.4 Å². The third-order valence-electron chi connectivity index (χ3n) is 3.98. The Balaban J connectivity index is 2.60. The van der Waals surface area contributed by atoms with Gasteiger partial charge in [-0.25, -0.2) is 0 Å². The second-order valence-corrected chi connectivity index (χ2v) is 5.23. The smallest absolute Gasteiger partial charge is 0.317 e. The number of esters is 2. The summed E-state index contributed by atoms with van der Waals surface area (Å²) >= 11 is 0. The predicted octanol–water partition coefficient (Wildman–Crippen LogP) is 1.88. The number of hydrogen-bond donors (Lipinski definition) is 0. The minimum Gasteiger partial charge on any atom is -0.469 e. The monoisotopic (exact) mass is 302 g/mol. The number of hydrogen-bond acceptors (Lipinski definition) is 5. The molecule has 2 rings (SSSR count). The van der Waals surface area contributed by atoms with Crippen LogP contribution in [0.15, 0.2) is 42.0 Å². The molecule has 0 unspecified atom stereocenters. The summed E-state index contributed by atoms with van der Waals surface area (Å²) in [5, 5.41) is 0. The van der Waals surface area contributed by atoms with Crippen molar-refractivity contribution >= 4 is 17.7 Å². The average molecular weight is 302 g/mol. The van der Waals surface area contributed by atoms with Crippen LogP contribution in [0.5, 0.6) is 0 Å². The van der Waals surface area contributed by atoms with Crippen molar-refractivity contribution in [1.29, 1.82) is 0 Å². The molecule has 0 heterocycles. The van der Waals surface area contributed by atoms with Gasteiger partial charge in [0.15, 0.2) is 5.78 Å². The molecule has 1 aliphatic carbocycles. The molecule has 1 aromatic carbocycles. The lowest BCUT2D eigenvalue weighted by atomic mass is 9.68. The molecule has 116 valence electrons. The first-order valence-electron chi connectivity index (χ1n) is 6.94. The lowest BCUT2D eigenvalue weighted by Crippen LogP contribution is -2.41. The molecule has 5 heteroatoms. The van der Waals surface area contributed by atoms with Crippen molar-refractivity contribution in [2.45, 2.75) is 12.8 Å². The van der Waals surface area contributed by atoms with Gasteiger partial charge >= 0.3 is 11.9 Å². The van der Waals surface area contributed by atoms with Crippen molar-refractivity contribution in [2.75, 3.05) is 14.2 Å². The van der Waals surface area contributed by atoms with E-state index in [-0.39, 0.29) is 5.78 Å². The summed E-state index contributed by atoms with van der Waals surface area (Å²) in [7, 11) is 2.53. The highest BCUT2D eigenvalue weighted by Crippen LogP contribution is 2.41. The quantitative estimate of drug-likeness (QED) is 0.630. The first kappa shape index (κ1) is 15.9. The van der Waals surface area contributed by atoms with E-state index in [2.05, 4.69) is 0 Å². The van der Waals surface area contributed by atoms with Crippen molar-refractivity contribution in [3.63, 3.8) is 0 Å². The zero-order valence-electron chi connectivity index (χ0n) is 12.7. The molecule has 0 amide bonds. The Kier molecular flexibility index (Phi) is 4.75. The van der Waals surface area contributed by atoms with E-state index in [0.29, 0.717) is 5.57 Å². The molecular formula is C17H18O5. The third-order valence-corrected chi connectivity index (χ3v) is 3.98. The Morgan fingerprint density at radius 2 is 1.50 bits per heavy atom. The van der Waals surface area contributed by atoms with Gasteiger partial charge in [0.1, 0.15) is 5.92 Å². The normalized spacial score (nSPS) is 24.4. The molecule has 0 aromatic heterocycles. The maximum Gasteiger partial charge on any atom is 0.317 e. The molecule has 5 nitrogen and oxygen atoms in total. The zero-order chi connectivity index (χ0) is 16.3. The van der Waals surface area contributed by atoms with Gasteiger partial charge in [0.2, 0.25) is 0 Å². The maximum atomic E-state index is 12.3. The Bertz CT molecular complexity index is 617. The Morgan fingerprint density at radius 3 is 2.05 bits per heavy atom. The van der Waals surface area contributed by atoms with Crippen LogP contribution in [0.4, 0.5) is 0 Å². The highest BCUT2D eigenvalue weighted by atomic mass is 16.5. The lowest BCUT2D eigenvalue weighted by Gasteiger charge is -2.34. The maximum absolute atomic E-state index is 12.3. The van der Waals surface area contributed by atoms with Crippen LogP contribution in [0.25, 0.3) is 0 Å². The topological polar surface area (TPSA) is 69.7 Å². The van der Waals surface area contributed by atoms with Crippen LogP contribution in [0.1, 0.15) is 18.4 Å². The molecule has 0 N–H and O–H groups in total. The summed E-state index contributed by atoms with van der Waals surface area (Å²) in [6, 6.07) is 9.02. The first-order chi connectivity index (χ1) is 10.5. The van der Waals surface area contributed by atoms with Crippen LogP contribution in [-0.2, 0) is 23.9 Å². The highest BCUT2D eigenvalue weighted by molar-refractivity contribution is 6.08. The summed E-state index contributed by atoms with van der Waals surface area (Å²) in [6.45, 7) is 1.70. The fraction of sp³-hybridized carbons (Fsp3) is 0.353. The van der Waals surface area contributed by atoms with Gasteiger partial charge in [-0.15, -0.1) is 0 Å². The van der Waals surface area contributed by atoms with E-state index >= 15 is 0 Å². The number of ether oxygens (including phenoxy) is 2. The van der Waals surface area contributed by atoms with Crippen molar-refractivity contribution in [3.05, 3.63) is 47.5 Å². The number of ketones is 1. The molecule has 22 heavy (non-hydrogen) atoms. The highest BCUT2D eigenvalue weighted by Gasteiger charge is 2.47. The van der Waals surface area contributed by atoms with Gasteiger partial charge in [0.05, 0.1) is 20.1 Å². The molecule has 0 fully saturated rings. The van der Waals surface area contributed by atoms with Gasteiger partial charge in [0.25, 0.3) is 0 Å². The van der Waals surface area contributed by atoms with E-state index in [1.807, 2.05) is 6.07 Å². The van der Waals surface area contributed by atoms with Crippen LogP contribution in [0.2, 0.25) is 0 Å². The number of rotatable bonds is 3. The second kappa shape index (κ2) is 6.56. The van der Waals surface area contributed by atoms with Crippen molar-refractivity contribution in [3.8, 4) is 0 Å². The predicted molar refractivity (Wildman–Crippen MR) is 79.0 cm³/mol. The van der Waals surface area contributed by atoms with Crippen molar-refractivity contribution in [2.24, 2.45) is 11.8 Å². The Morgan fingerprint density at radius 1 is 0.955 bits per heavy atom. The van der Waals surface area contributed by atoms with E-state index in [1.54, 1.807) is 31.2 Å². The van der Waals surface area contributed by atoms with Crippen LogP contribution in [-0.4, -0.2) is 31.9 Å². The first-order valence-corrected chi connectivity index (χ1v) is 6.94. The summed E-state index contributed by atoms with van der Waals surface area (Å²) in [4.78, 5) is 36.6. The number of carbonyl (C=O) groups is 3. The molecule has 3 atom stereocenters. The van der Waals surface area contributed by atoms with Gasteiger partial charge in [-0.3, -0.25) is 14.4 Å². The SMILES string of the molecule is COC(=O)[C@H]1C(=O)C=C(C)[C@@H](C(=O)OC)[C@H]1c1ccccc1. The van der Waals surface area contributed by atoms with Crippen molar-refractivity contribution in [1.82, 2.24) is 0 Å². The zero-order valence-corrected chi connectivity index (χ0v) is 12.7. The number of carbonyl (C=O) groups excluding carboxylic acids is 3. The molecule has 0 saturated carbocycles. The summed E-state index contributed by atoms with van der Waals surface area (Å²) in [6.07, 6.45) is 1.34. The van der Waals surface area contributed by atoms with Crippen LogP contribution >= 0.6 is 0 Å². The Labute approximate surface area is 128 Å². The van der Waals surface area contributed by atoms with Gasteiger partial charge in [-0.05, 0) is 18.6 Å². The largest absolute Gasteiger partial charge is 0.469 e. The van der Waals surface area contributed by atoms with E-state index in [1.165, 1.54) is 20.3 Å². The van der Waals surface area contributed by atoms with Crippen LogP contribution < -0.4 is 0 Å². The third kappa shape index (κ3) is 2.79. The van der Waals surface area contributed by atoms with E-state index in [4.69, 9.17) is 9.47 Å². The molecule has 0 aliphatic heterocycles. The van der Waals surface area contributed by atoms with Gasteiger partial charge < -0.3 is 9.47 Å². The van der Waals surface area contributed by atoms with Gasteiger partial charge in [-0.1, -0.05) is 35.9 Å². The standard InChI is InChI=1S/C17H18O5/c1-10-9-12(18)15(17(20)22-3)14(13(10)16(19)21-2)11-7-5-4-6-8-11/h4-9,13-15H,1-3H3/t13-,14-,15+/m1/s1. The van der Waals surface area contributed by atoms with Crippen molar-refractivity contribution < 1.29 is 23.9 Å². The average Bonchev–Trinajstić information content (AvgIpc) is 2.53. The minimum atomic E-state index is -1.04. The van der Waals surface area contributed by atoms with Gasteiger partial charge in [-0.2, -0.15) is 0 Å². The van der Waals surface area contributed by atoms with Crippen LogP contribution in [0, 0.1) is 11.8 Å². The van der Waals surface area contributed by atoms with E-state index < -0.39 is 29.7 Å². The molecule has 1 aromatic rings. The molecule has 0 radical (unpaired) electrons. The Hall–Kier alpha value is -2.43. The fourth-order valence-electron chi connectivity index (χ4n) is 2.97.